The highest BCUT2D eigenvalue weighted by molar-refractivity contribution is 5.93. The van der Waals surface area contributed by atoms with Gasteiger partial charge >= 0.3 is 0 Å². The second-order valence-electron chi connectivity index (χ2n) is 11.8. The SMILES string of the molecule is Cc1cc(F)cnc1-c1ccc(-c2[nH]nc3ncc(-c4ccc5c(c4)CC[C@@H](N4C6COCC4C6)CC5)cc23)cc1. The van der Waals surface area contributed by atoms with E-state index >= 15 is 0 Å². The molecule has 7 heteroatoms. The summed E-state index contributed by atoms with van der Waals surface area (Å²) < 4.78 is 19.3. The molecule has 2 aromatic carbocycles. The van der Waals surface area contributed by atoms with E-state index in [1.54, 1.807) is 0 Å². The predicted molar refractivity (Wildman–Crippen MR) is 158 cm³/mol. The normalized spacial score (nSPS) is 22.2. The highest BCUT2D eigenvalue weighted by Crippen LogP contribution is 2.38. The zero-order valence-electron chi connectivity index (χ0n) is 23.1. The van der Waals surface area contributed by atoms with Crippen LogP contribution in [0.4, 0.5) is 4.39 Å². The molecule has 2 fully saturated rings. The third-order valence-corrected chi connectivity index (χ3v) is 9.36. The molecule has 5 heterocycles. The topological polar surface area (TPSA) is 66.9 Å². The summed E-state index contributed by atoms with van der Waals surface area (Å²) in [6, 6.07) is 20.8. The molecule has 8 rings (SSSR count). The van der Waals surface area contributed by atoms with Gasteiger partial charge in [0, 0.05) is 46.4 Å². The first-order valence-electron chi connectivity index (χ1n) is 14.6. The van der Waals surface area contributed by atoms with Crippen LogP contribution in [0, 0.1) is 12.7 Å². The van der Waals surface area contributed by atoms with Crippen molar-refractivity contribution < 1.29 is 9.13 Å². The predicted octanol–water partition coefficient (Wildman–Crippen LogP) is 6.52. The molecule has 3 atom stereocenters. The van der Waals surface area contributed by atoms with Gasteiger partial charge in [0.15, 0.2) is 5.65 Å². The van der Waals surface area contributed by atoms with E-state index < -0.39 is 0 Å². The van der Waals surface area contributed by atoms with E-state index in [1.165, 1.54) is 48.2 Å². The first-order valence-corrected chi connectivity index (χ1v) is 14.6. The number of pyridine rings is 2. The Labute approximate surface area is 238 Å². The molecule has 0 saturated carbocycles. The molecule has 3 aromatic heterocycles. The first-order chi connectivity index (χ1) is 20.1. The average molecular weight is 546 g/mol. The fraction of sp³-hybridized carbons (Fsp3) is 0.324. The number of ether oxygens (including phenoxy) is 1. The summed E-state index contributed by atoms with van der Waals surface area (Å²) in [5.74, 6) is -0.321. The Hall–Kier alpha value is -3.94. The van der Waals surface area contributed by atoms with E-state index in [-0.39, 0.29) is 5.82 Å². The van der Waals surface area contributed by atoms with Crippen molar-refractivity contribution in [2.75, 3.05) is 13.2 Å². The summed E-state index contributed by atoms with van der Waals surface area (Å²) in [4.78, 5) is 11.8. The lowest BCUT2D eigenvalue weighted by Crippen LogP contribution is -2.66. The number of aromatic amines is 1. The Balaban J connectivity index is 1.06. The molecule has 2 aliphatic heterocycles. The number of fused-ring (bicyclic) bond motifs is 4. The minimum absolute atomic E-state index is 0.321. The lowest BCUT2D eigenvalue weighted by Gasteiger charge is -2.56. The Morgan fingerprint density at radius 2 is 1.56 bits per heavy atom. The van der Waals surface area contributed by atoms with Gasteiger partial charge in [0.1, 0.15) is 5.82 Å². The number of hydrogen-bond acceptors (Lipinski definition) is 5. The standard InChI is InChI=1S/C34H32FN5O/c1-20-12-27(35)17-36-32(20)22-3-5-23(6-4-22)33-31-14-26(16-37-34(31)39-38-33)25-7-2-21-8-10-28(11-9-24(21)13-25)40-29-15-30(40)19-41-18-29/h2-7,12-14,16-17,28-30H,8-11,15,18-19H2,1H3,(H,37,38,39)/t28-,29?,30?/m0/s1. The van der Waals surface area contributed by atoms with Gasteiger partial charge in [-0.25, -0.2) is 9.37 Å². The number of nitrogens with zero attached hydrogens (tertiary/aromatic N) is 4. The van der Waals surface area contributed by atoms with Crippen LogP contribution in [0.15, 0.2) is 67.0 Å². The fourth-order valence-electron chi connectivity index (χ4n) is 7.25. The van der Waals surface area contributed by atoms with Crippen molar-refractivity contribution in [2.24, 2.45) is 0 Å². The number of morpholine rings is 1. The van der Waals surface area contributed by atoms with Gasteiger partial charge in [-0.05, 0) is 73.4 Å². The molecule has 0 radical (unpaired) electrons. The zero-order valence-corrected chi connectivity index (χ0v) is 23.1. The van der Waals surface area contributed by atoms with E-state index in [0.29, 0.717) is 23.8 Å². The number of hydrogen-bond donors (Lipinski definition) is 1. The number of aromatic nitrogens is 4. The summed E-state index contributed by atoms with van der Waals surface area (Å²) in [5.41, 5.74) is 10.5. The average Bonchev–Trinajstić information content (AvgIpc) is 3.31. The maximum atomic E-state index is 13.5. The van der Waals surface area contributed by atoms with Crippen LogP contribution in [0.5, 0.6) is 0 Å². The number of nitrogens with one attached hydrogen (secondary N) is 1. The van der Waals surface area contributed by atoms with Crippen LogP contribution in [-0.2, 0) is 17.6 Å². The minimum atomic E-state index is -0.321. The molecule has 2 bridgehead atoms. The summed E-state index contributed by atoms with van der Waals surface area (Å²) in [6.07, 6.45) is 9.22. The molecule has 0 spiro atoms. The third kappa shape index (κ3) is 4.35. The summed E-state index contributed by atoms with van der Waals surface area (Å²) >= 11 is 0. The van der Waals surface area contributed by atoms with Crippen LogP contribution in [0.2, 0.25) is 0 Å². The molecular weight excluding hydrogens is 513 g/mol. The summed E-state index contributed by atoms with van der Waals surface area (Å²) in [5, 5.41) is 8.67. The number of benzene rings is 2. The van der Waals surface area contributed by atoms with Crippen molar-refractivity contribution in [3.8, 4) is 33.6 Å². The van der Waals surface area contributed by atoms with Crippen molar-refractivity contribution in [3.05, 3.63) is 89.5 Å². The number of rotatable bonds is 4. The quantitative estimate of drug-likeness (QED) is 0.261. The highest BCUT2D eigenvalue weighted by Gasteiger charge is 2.45. The van der Waals surface area contributed by atoms with Gasteiger partial charge in [0.25, 0.3) is 0 Å². The monoisotopic (exact) mass is 545 g/mol. The maximum Gasteiger partial charge on any atom is 0.181 e. The minimum Gasteiger partial charge on any atom is -0.378 e. The Morgan fingerprint density at radius 1 is 0.805 bits per heavy atom. The van der Waals surface area contributed by atoms with Gasteiger partial charge < -0.3 is 4.74 Å². The number of H-pyrrole nitrogens is 1. The fourth-order valence-corrected chi connectivity index (χ4v) is 7.25. The lowest BCUT2D eigenvalue weighted by atomic mass is 9.87. The van der Waals surface area contributed by atoms with Crippen molar-refractivity contribution in [2.45, 2.75) is 57.2 Å². The first kappa shape index (κ1) is 24.8. The van der Waals surface area contributed by atoms with E-state index in [0.717, 1.165) is 65.1 Å². The maximum absolute atomic E-state index is 13.5. The van der Waals surface area contributed by atoms with Crippen LogP contribution in [0.1, 0.15) is 36.0 Å². The molecular formula is C34H32FN5O. The molecule has 2 unspecified atom stereocenters. The van der Waals surface area contributed by atoms with E-state index in [2.05, 4.69) is 56.5 Å². The van der Waals surface area contributed by atoms with Gasteiger partial charge in [-0.15, -0.1) is 0 Å². The summed E-state index contributed by atoms with van der Waals surface area (Å²) in [6.45, 7) is 3.69. The Morgan fingerprint density at radius 3 is 2.34 bits per heavy atom. The summed E-state index contributed by atoms with van der Waals surface area (Å²) in [7, 11) is 0. The molecule has 5 aromatic rings. The van der Waals surface area contributed by atoms with Crippen molar-refractivity contribution >= 4 is 11.0 Å². The molecule has 6 nitrogen and oxygen atoms in total. The second-order valence-corrected chi connectivity index (χ2v) is 11.8. The second kappa shape index (κ2) is 9.86. The zero-order chi connectivity index (χ0) is 27.5. The molecule has 3 aliphatic rings. The van der Waals surface area contributed by atoms with Gasteiger partial charge in [0.05, 0.1) is 30.8 Å². The van der Waals surface area contributed by atoms with Crippen LogP contribution >= 0.6 is 0 Å². The van der Waals surface area contributed by atoms with Gasteiger partial charge in [-0.1, -0.05) is 42.5 Å². The molecule has 2 saturated heterocycles. The van der Waals surface area contributed by atoms with Crippen LogP contribution in [-0.4, -0.2) is 56.4 Å². The third-order valence-electron chi connectivity index (χ3n) is 9.36. The molecule has 206 valence electrons. The van der Waals surface area contributed by atoms with E-state index in [4.69, 9.17) is 9.72 Å². The van der Waals surface area contributed by atoms with Gasteiger partial charge in [-0.3, -0.25) is 15.0 Å². The lowest BCUT2D eigenvalue weighted by molar-refractivity contribution is -0.148. The van der Waals surface area contributed by atoms with Crippen LogP contribution < -0.4 is 0 Å². The molecule has 41 heavy (non-hydrogen) atoms. The number of halogens is 1. The molecule has 1 N–H and O–H groups in total. The largest absolute Gasteiger partial charge is 0.378 e. The smallest absolute Gasteiger partial charge is 0.181 e. The van der Waals surface area contributed by atoms with Crippen molar-refractivity contribution in [1.29, 1.82) is 0 Å². The number of aryl methyl sites for hydroxylation is 3. The Bertz CT molecular complexity index is 1750. The van der Waals surface area contributed by atoms with E-state index in [9.17, 15) is 4.39 Å². The van der Waals surface area contributed by atoms with Crippen molar-refractivity contribution in [1.82, 2.24) is 25.1 Å². The van der Waals surface area contributed by atoms with E-state index in [1.807, 2.05) is 25.3 Å². The molecule has 1 aliphatic carbocycles. The highest BCUT2D eigenvalue weighted by atomic mass is 19.1. The van der Waals surface area contributed by atoms with Crippen molar-refractivity contribution in [3.63, 3.8) is 0 Å². The van der Waals surface area contributed by atoms with Gasteiger partial charge in [-0.2, -0.15) is 5.10 Å². The van der Waals surface area contributed by atoms with Crippen LogP contribution in [0.3, 0.4) is 0 Å². The van der Waals surface area contributed by atoms with Gasteiger partial charge in [0.2, 0.25) is 0 Å². The van der Waals surface area contributed by atoms with Crippen LogP contribution in [0.25, 0.3) is 44.7 Å². The Kier molecular flexibility index (Phi) is 5.97. The molecule has 0 amide bonds.